The fourth-order valence-electron chi connectivity index (χ4n) is 3.50. The van der Waals surface area contributed by atoms with Gasteiger partial charge in [0.1, 0.15) is 16.9 Å². The smallest absolute Gasteiger partial charge is 0.344 e. The number of esters is 1. The lowest BCUT2D eigenvalue weighted by Crippen LogP contribution is -2.51. The van der Waals surface area contributed by atoms with Gasteiger partial charge in [-0.1, -0.05) is 31.4 Å². The molecule has 1 aromatic rings. The van der Waals surface area contributed by atoms with Crippen molar-refractivity contribution in [1.82, 2.24) is 15.8 Å². The van der Waals surface area contributed by atoms with Gasteiger partial charge in [-0.3, -0.25) is 15.0 Å². The van der Waals surface area contributed by atoms with Crippen LogP contribution in [0.3, 0.4) is 0 Å². The Balaban J connectivity index is 1.57. The summed E-state index contributed by atoms with van der Waals surface area (Å²) in [7, 11) is 0. The molecule has 9 heteroatoms. The van der Waals surface area contributed by atoms with Gasteiger partial charge in [0.05, 0.1) is 6.61 Å². The van der Waals surface area contributed by atoms with Crippen LogP contribution in [0.25, 0.3) is 0 Å². The molecule has 2 N–H and O–H groups in total. The molecule has 9 nitrogen and oxygen atoms in total. The number of carbonyl (C=O) groups is 4. The SMILES string of the molecule is CCOc1ccccc1C(=O)OCC(=O)NN1C(=O)NC2(CCCCC2)C1=O. The molecule has 1 aliphatic carbocycles. The van der Waals surface area contributed by atoms with E-state index in [9.17, 15) is 19.2 Å². The van der Waals surface area contributed by atoms with Crippen LogP contribution in [0.15, 0.2) is 24.3 Å². The number of benzene rings is 1. The van der Waals surface area contributed by atoms with E-state index in [1.165, 1.54) is 6.07 Å². The molecule has 0 bridgehead atoms. The molecule has 1 saturated heterocycles. The van der Waals surface area contributed by atoms with Crippen LogP contribution in [0.5, 0.6) is 5.75 Å². The van der Waals surface area contributed by atoms with E-state index in [4.69, 9.17) is 9.47 Å². The Kier molecular flexibility index (Phi) is 5.81. The summed E-state index contributed by atoms with van der Waals surface area (Å²) < 4.78 is 10.4. The molecule has 0 radical (unpaired) electrons. The summed E-state index contributed by atoms with van der Waals surface area (Å²) in [6, 6.07) is 5.84. The Morgan fingerprint density at radius 2 is 1.89 bits per heavy atom. The third-order valence-corrected chi connectivity index (χ3v) is 4.85. The highest BCUT2D eigenvalue weighted by molar-refractivity contribution is 6.08. The number of rotatable bonds is 6. The number of amides is 4. The minimum atomic E-state index is -0.935. The van der Waals surface area contributed by atoms with Gasteiger partial charge in [0.2, 0.25) is 0 Å². The molecule has 2 aliphatic rings. The first-order valence-corrected chi connectivity index (χ1v) is 9.32. The zero-order valence-corrected chi connectivity index (χ0v) is 15.7. The molecule has 2 fully saturated rings. The average molecular weight is 389 g/mol. The number of hydrazine groups is 1. The summed E-state index contributed by atoms with van der Waals surface area (Å²) in [5.74, 6) is -1.64. The Bertz CT molecular complexity index is 788. The number of para-hydroxylation sites is 1. The van der Waals surface area contributed by atoms with E-state index < -0.39 is 36.0 Å². The molecule has 0 aromatic heterocycles. The van der Waals surface area contributed by atoms with E-state index in [1.807, 2.05) is 0 Å². The number of ether oxygens (including phenoxy) is 2. The van der Waals surface area contributed by atoms with Crippen LogP contribution in [0.2, 0.25) is 0 Å². The molecule has 1 aromatic carbocycles. The molecule has 4 amide bonds. The molecular weight excluding hydrogens is 366 g/mol. The number of hydrogen-bond acceptors (Lipinski definition) is 6. The molecule has 1 aliphatic heterocycles. The molecule has 1 heterocycles. The third-order valence-electron chi connectivity index (χ3n) is 4.85. The van der Waals surface area contributed by atoms with Crippen LogP contribution < -0.4 is 15.5 Å². The highest BCUT2D eigenvalue weighted by Gasteiger charge is 2.52. The fraction of sp³-hybridized carbons (Fsp3) is 0.474. The lowest BCUT2D eigenvalue weighted by molar-refractivity contribution is -0.140. The normalized spacial score (nSPS) is 18.0. The van der Waals surface area contributed by atoms with Gasteiger partial charge in [-0.25, -0.2) is 9.59 Å². The quantitative estimate of drug-likeness (QED) is 0.563. The van der Waals surface area contributed by atoms with Crippen molar-refractivity contribution in [3.8, 4) is 5.75 Å². The lowest BCUT2D eigenvalue weighted by atomic mass is 9.82. The van der Waals surface area contributed by atoms with E-state index in [2.05, 4.69) is 10.7 Å². The molecular formula is C19H23N3O6. The van der Waals surface area contributed by atoms with Crippen LogP contribution >= 0.6 is 0 Å². The summed E-state index contributed by atoms with van der Waals surface area (Å²) >= 11 is 0. The predicted octanol–water partition coefficient (Wildman–Crippen LogP) is 1.53. The Labute approximate surface area is 162 Å². The maximum absolute atomic E-state index is 12.6. The first kappa shape index (κ1) is 19.7. The molecule has 1 spiro atoms. The molecule has 150 valence electrons. The summed E-state index contributed by atoms with van der Waals surface area (Å²) in [4.78, 5) is 49.1. The van der Waals surface area contributed by atoms with Crippen molar-refractivity contribution >= 4 is 23.8 Å². The number of nitrogens with zero attached hydrogens (tertiary/aromatic N) is 1. The van der Waals surface area contributed by atoms with Crippen molar-refractivity contribution in [3.63, 3.8) is 0 Å². The topological polar surface area (TPSA) is 114 Å². The van der Waals surface area contributed by atoms with Gasteiger partial charge in [0, 0.05) is 0 Å². The van der Waals surface area contributed by atoms with Crippen molar-refractivity contribution in [1.29, 1.82) is 0 Å². The van der Waals surface area contributed by atoms with Crippen LogP contribution in [-0.4, -0.2) is 47.6 Å². The van der Waals surface area contributed by atoms with Gasteiger partial charge in [-0.15, -0.1) is 0 Å². The summed E-state index contributed by atoms with van der Waals surface area (Å²) in [6.07, 6.45) is 3.78. The maximum atomic E-state index is 12.6. The number of hydrogen-bond donors (Lipinski definition) is 2. The van der Waals surface area contributed by atoms with E-state index in [-0.39, 0.29) is 5.56 Å². The Morgan fingerprint density at radius 1 is 1.18 bits per heavy atom. The van der Waals surface area contributed by atoms with Crippen LogP contribution in [-0.2, 0) is 14.3 Å². The fourth-order valence-corrected chi connectivity index (χ4v) is 3.50. The first-order chi connectivity index (χ1) is 13.5. The van der Waals surface area contributed by atoms with Crippen LogP contribution in [0.1, 0.15) is 49.4 Å². The lowest BCUT2D eigenvalue weighted by Gasteiger charge is -2.30. The Hall–Kier alpha value is -3.10. The van der Waals surface area contributed by atoms with Gasteiger partial charge in [-0.05, 0) is 31.9 Å². The monoisotopic (exact) mass is 389 g/mol. The van der Waals surface area contributed by atoms with E-state index in [0.29, 0.717) is 30.2 Å². The minimum absolute atomic E-state index is 0.188. The van der Waals surface area contributed by atoms with Gasteiger partial charge < -0.3 is 14.8 Å². The van der Waals surface area contributed by atoms with E-state index in [1.54, 1.807) is 25.1 Å². The van der Waals surface area contributed by atoms with Gasteiger partial charge in [0.15, 0.2) is 6.61 Å². The number of urea groups is 1. The van der Waals surface area contributed by atoms with Crippen LogP contribution in [0, 0.1) is 0 Å². The molecule has 28 heavy (non-hydrogen) atoms. The number of carbonyl (C=O) groups excluding carboxylic acids is 4. The van der Waals surface area contributed by atoms with Gasteiger partial charge in [-0.2, -0.15) is 5.01 Å². The van der Waals surface area contributed by atoms with E-state index in [0.717, 1.165) is 19.3 Å². The second kappa shape index (κ2) is 8.28. The molecule has 0 atom stereocenters. The largest absolute Gasteiger partial charge is 0.493 e. The van der Waals surface area contributed by atoms with Gasteiger partial charge >= 0.3 is 12.0 Å². The Morgan fingerprint density at radius 3 is 2.61 bits per heavy atom. The van der Waals surface area contributed by atoms with Crippen molar-refractivity contribution in [2.75, 3.05) is 13.2 Å². The zero-order chi connectivity index (χ0) is 20.1. The standard InChI is InChI=1S/C19H23N3O6/c1-2-27-14-9-5-4-8-13(14)16(24)28-12-15(23)21-22-17(25)19(20-18(22)26)10-6-3-7-11-19/h4-5,8-9H,2-3,6-7,10-12H2,1H3,(H,20,26)(H,21,23). The van der Waals surface area contributed by atoms with Gasteiger partial charge in [0.25, 0.3) is 11.8 Å². The zero-order valence-electron chi connectivity index (χ0n) is 15.7. The van der Waals surface area contributed by atoms with Crippen molar-refractivity contribution in [3.05, 3.63) is 29.8 Å². The minimum Gasteiger partial charge on any atom is -0.493 e. The summed E-state index contributed by atoms with van der Waals surface area (Å²) in [5, 5.41) is 3.36. The summed E-state index contributed by atoms with van der Waals surface area (Å²) in [6.45, 7) is 1.52. The molecule has 0 unspecified atom stereocenters. The summed E-state index contributed by atoms with van der Waals surface area (Å²) in [5.41, 5.74) is 1.47. The number of nitrogens with one attached hydrogen (secondary N) is 2. The maximum Gasteiger partial charge on any atom is 0.344 e. The molecule has 3 rings (SSSR count). The van der Waals surface area contributed by atoms with E-state index >= 15 is 0 Å². The van der Waals surface area contributed by atoms with Crippen molar-refractivity contribution < 1.29 is 28.7 Å². The highest BCUT2D eigenvalue weighted by Crippen LogP contribution is 2.32. The van der Waals surface area contributed by atoms with Crippen molar-refractivity contribution in [2.24, 2.45) is 0 Å². The second-order valence-electron chi connectivity index (χ2n) is 6.75. The average Bonchev–Trinajstić information content (AvgIpc) is 2.91. The predicted molar refractivity (Wildman–Crippen MR) is 97.2 cm³/mol. The first-order valence-electron chi connectivity index (χ1n) is 9.32. The second-order valence-corrected chi connectivity index (χ2v) is 6.75. The highest BCUT2D eigenvalue weighted by atomic mass is 16.5. The number of imide groups is 1. The van der Waals surface area contributed by atoms with Crippen LogP contribution in [0.4, 0.5) is 4.79 Å². The third kappa shape index (κ3) is 3.92. The molecule has 1 saturated carbocycles. The van der Waals surface area contributed by atoms with Crippen molar-refractivity contribution in [2.45, 2.75) is 44.6 Å².